The number of hydrogen-bond acceptors (Lipinski definition) is 13. The number of aliphatic hydroxyl groups excluding tert-OH is 1. The Morgan fingerprint density at radius 2 is 1.74 bits per heavy atom. The highest BCUT2D eigenvalue weighted by molar-refractivity contribution is 6.07. The molecule has 1 amide bonds. The molecule has 13 atom stereocenters. The maximum absolute atomic E-state index is 16.6. The zero-order valence-electron chi connectivity index (χ0n) is 34.7. The standard InChI is InChI=1S/C41H61FN6O9/c1-10-31-36-32(48(40(53)57-36)17-12-11-16-47-21-29(44-45-47)27-14-13-15-28(43)20-27)25(5)33(49)22(2)18-23(3)35(26(6)37(51)41(7,42)39(52)55-31)56-38-34(50)30(46(8)9)19-24(4)54-38/h13-15,20-26,30-32,34-36,38,50H,10-12,16-19,43H2,1-9H3/t22-,23+,24-,25-,26-,30+,31-,32-,34-,35+,36-,38+,41+/m1/s1. The molecule has 3 fully saturated rings. The minimum absolute atomic E-state index is 0.122. The minimum Gasteiger partial charge on any atom is -0.456 e. The number of likely N-dealkylation sites (N-methyl/N-ethyl adjacent to an activating group) is 1. The van der Waals surface area contributed by atoms with Gasteiger partial charge in [-0.3, -0.25) is 14.3 Å². The van der Waals surface area contributed by atoms with Gasteiger partial charge in [-0.05, 0) is 78.1 Å². The first kappa shape index (κ1) is 44.1. The van der Waals surface area contributed by atoms with Crippen LogP contribution in [-0.2, 0) is 39.9 Å². The highest BCUT2D eigenvalue weighted by atomic mass is 19.1. The normalized spacial score (nSPS) is 35.8. The second-order valence-corrected chi connectivity index (χ2v) is 16.7. The van der Waals surface area contributed by atoms with Crippen LogP contribution in [0, 0.1) is 23.7 Å². The van der Waals surface area contributed by atoms with E-state index in [-0.39, 0.29) is 37.3 Å². The van der Waals surface area contributed by atoms with Gasteiger partial charge in [0.1, 0.15) is 23.7 Å². The lowest BCUT2D eigenvalue weighted by molar-refractivity contribution is -0.278. The lowest BCUT2D eigenvalue weighted by Gasteiger charge is -2.44. The van der Waals surface area contributed by atoms with Crippen LogP contribution >= 0.6 is 0 Å². The molecule has 0 spiro atoms. The fourth-order valence-electron chi connectivity index (χ4n) is 8.73. The van der Waals surface area contributed by atoms with E-state index < -0.39 is 83.9 Å². The number of esters is 1. The van der Waals surface area contributed by atoms with Crippen molar-refractivity contribution in [3.05, 3.63) is 30.5 Å². The third-order valence-corrected chi connectivity index (χ3v) is 12.0. The second kappa shape index (κ2) is 18.3. The summed E-state index contributed by atoms with van der Waals surface area (Å²) < 4.78 is 42.3. The van der Waals surface area contributed by atoms with Gasteiger partial charge in [-0.25, -0.2) is 14.0 Å². The van der Waals surface area contributed by atoms with Gasteiger partial charge in [0.2, 0.25) is 0 Å². The molecule has 0 saturated carbocycles. The molecule has 0 radical (unpaired) electrons. The van der Waals surface area contributed by atoms with Gasteiger partial charge in [-0.15, -0.1) is 5.10 Å². The number of ether oxygens (including phenoxy) is 4. The number of nitrogen functional groups attached to an aromatic ring is 1. The number of carbonyl (C=O) groups is 4. The summed E-state index contributed by atoms with van der Waals surface area (Å²) in [6, 6.07) is 6.20. The predicted octanol–water partition coefficient (Wildman–Crippen LogP) is 4.44. The maximum Gasteiger partial charge on any atom is 0.410 e. The van der Waals surface area contributed by atoms with Crippen molar-refractivity contribution >= 4 is 29.3 Å². The van der Waals surface area contributed by atoms with E-state index in [0.717, 1.165) is 12.5 Å². The molecule has 0 bridgehead atoms. The van der Waals surface area contributed by atoms with E-state index in [1.807, 2.05) is 50.3 Å². The topological polar surface area (TPSA) is 189 Å². The fraction of sp³-hybridized carbons (Fsp3) is 0.707. The van der Waals surface area contributed by atoms with Crippen LogP contribution in [-0.4, -0.2) is 129 Å². The van der Waals surface area contributed by atoms with Gasteiger partial charge in [0.05, 0.1) is 24.4 Å². The number of halogens is 1. The van der Waals surface area contributed by atoms with Gasteiger partial charge >= 0.3 is 12.1 Å². The number of benzene rings is 1. The SMILES string of the molecule is CC[C@H]1OC(=O)[C@@](C)(F)C(=O)[C@H](C)[C@@H](O[C@@H]2O[C@H](C)C[C@H](N(C)C)[C@H]2O)[C@@H](C)C[C@@H](C)C(=O)[C@H](C)[C@@H]2[C@@H]1OC(=O)N2CCCCn1cc(-c2cccc(N)c2)nn1. The Bertz CT molecular complexity index is 1740. The lowest BCUT2D eigenvalue weighted by atomic mass is 9.77. The number of nitrogens with two attached hydrogens (primary N) is 1. The number of amides is 1. The molecular weight excluding hydrogens is 739 g/mol. The number of rotatable bonds is 10. The summed E-state index contributed by atoms with van der Waals surface area (Å²) in [6.07, 6.45) is -2.65. The summed E-state index contributed by atoms with van der Waals surface area (Å²) >= 11 is 0. The van der Waals surface area contributed by atoms with Crippen LogP contribution in [0.25, 0.3) is 11.3 Å². The molecule has 1 aromatic heterocycles. The van der Waals surface area contributed by atoms with Crippen LogP contribution in [0.3, 0.4) is 0 Å². The van der Waals surface area contributed by atoms with Crippen LogP contribution in [0.1, 0.15) is 80.6 Å². The largest absolute Gasteiger partial charge is 0.456 e. The Balaban J connectivity index is 1.38. The number of alkyl halides is 1. The number of fused-ring (bicyclic) bond motifs is 1. The monoisotopic (exact) mass is 800 g/mol. The van der Waals surface area contributed by atoms with Gasteiger partial charge in [-0.1, -0.05) is 52.0 Å². The first-order valence-electron chi connectivity index (χ1n) is 20.2. The first-order chi connectivity index (χ1) is 26.8. The van der Waals surface area contributed by atoms with Crippen molar-refractivity contribution < 1.29 is 47.6 Å². The number of aromatic nitrogens is 3. The number of cyclic esters (lactones) is 1. The zero-order chi connectivity index (χ0) is 41.9. The van der Waals surface area contributed by atoms with E-state index in [1.165, 1.54) is 11.8 Å². The van der Waals surface area contributed by atoms with Crippen LogP contribution < -0.4 is 5.73 Å². The molecule has 0 unspecified atom stereocenters. The highest BCUT2D eigenvalue weighted by Gasteiger charge is 2.55. The Kier molecular flexibility index (Phi) is 14.2. The Hall–Kier alpha value is -3.99. The molecule has 5 rings (SSSR count). The number of nitrogens with zero attached hydrogens (tertiary/aromatic N) is 5. The minimum atomic E-state index is -3.09. The van der Waals surface area contributed by atoms with E-state index in [2.05, 4.69) is 10.3 Å². The smallest absolute Gasteiger partial charge is 0.410 e. The Morgan fingerprint density at radius 1 is 1.04 bits per heavy atom. The van der Waals surface area contributed by atoms with Crippen molar-refractivity contribution in [2.75, 3.05) is 26.4 Å². The maximum atomic E-state index is 16.6. The van der Waals surface area contributed by atoms with Gasteiger partial charge in [0.25, 0.3) is 5.67 Å². The van der Waals surface area contributed by atoms with Crippen LogP contribution in [0.15, 0.2) is 30.5 Å². The molecule has 3 saturated heterocycles. The number of unbranched alkanes of at least 4 members (excludes halogenated alkanes) is 1. The van der Waals surface area contributed by atoms with Gasteiger partial charge in [-0.2, -0.15) is 0 Å². The summed E-state index contributed by atoms with van der Waals surface area (Å²) in [7, 11) is 3.67. The third-order valence-electron chi connectivity index (χ3n) is 12.0. The zero-order valence-corrected chi connectivity index (χ0v) is 34.7. The molecule has 1 aromatic carbocycles. The number of ketones is 2. The summed E-state index contributed by atoms with van der Waals surface area (Å²) in [5.74, 6) is -5.74. The average molecular weight is 801 g/mol. The van der Waals surface area contributed by atoms with E-state index in [0.29, 0.717) is 37.2 Å². The summed E-state index contributed by atoms with van der Waals surface area (Å²) in [4.78, 5) is 58.9. The van der Waals surface area contributed by atoms with Crippen molar-refractivity contribution in [1.29, 1.82) is 0 Å². The van der Waals surface area contributed by atoms with Crippen molar-refractivity contribution in [3.63, 3.8) is 0 Å². The molecule has 0 aliphatic carbocycles. The lowest BCUT2D eigenvalue weighted by Crippen LogP contribution is -2.57. The summed E-state index contributed by atoms with van der Waals surface area (Å²) in [5, 5.41) is 19.8. The number of aryl methyl sites for hydroxylation is 1. The van der Waals surface area contributed by atoms with Crippen LogP contribution in [0.4, 0.5) is 14.9 Å². The number of Topliss-reactive ketones (excluding diaryl/α,β-unsaturated/α-hetero) is 2. The molecule has 3 aliphatic heterocycles. The first-order valence-corrected chi connectivity index (χ1v) is 20.2. The molecule has 15 nitrogen and oxygen atoms in total. The molecule has 2 aromatic rings. The Morgan fingerprint density at radius 3 is 2.40 bits per heavy atom. The van der Waals surface area contributed by atoms with E-state index in [9.17, 15) is 24.3 Å². The number of carbonyl (C=O) groups excluding carboxylic acids is 4. The van der Waals surface area contributed by atoms with Crippen molar-refractivity contribution in [1.82, 2.24) is 24.8 Å². The van der Waals surface area contributed by atoms with Gasteiger partial charge in [0, 0.05) is 48.1 Å². The number of anilines is 1. The molecule has 3 N–H and O–H groups in total. The Labute approximate surface area is 334 Å². The van der Waals surface area contributed by atoms with Crippen molar-refractivity contribution in [3.8, 4) is 11.3 Å². The van der Waals surface area contributed by atoms with Crippen LogP contribution in [0.5, 0.6) is 0 Å². The molecular formula is C41H61FN6O9. The molecule has 57 heavy (non-hydrogen) atoms. The molecule has 316 valence electrons. The summed E-state index contributed by atoms with van der Waals surface area (Å²) in [6.45, 7) is 11.9. The quantitative estimate of drug-likeness (QED) is 0.149. The second-order valence-electron chi connectivity index (χ2n) is 16.7. The van der Waals surface area contributed by atoms with Crippen molar-refractivity contribution in [2.24, 2.45) is 23.7 Å². The van der Waals surface area contributed by atoms with E-state index in [1.54, 1.807) is 38.4 Å². The van der Waals surface area contributed by atoms with Gasteiger partial charge < -0.3 is 39.6 Å². The third kappa shape index (κ3) is 9.67. The predicted molar refractivity (Wildman–Crippen MR) is 208 cm³/mol. The molecule has 4 heterocycles. The molecule has 3 aliphatic rings. The summed E-state index contributed by atoms with van der Waals surface area (Å²) in [5.41, 5.74) is 4.96. The van der Waals surface area contributed by atoms with Crippen LogP contribution in [0.2, 0.25) is 0 Å². The average Bonchev–Trinajstić information content (AvgIpc) is 3.77. The fourth-order valence-corrected chi connectivity index (χ4v) is 8.73. The molecule has 16 heteroatoms. The van der Waals surface area contributed by atoms with E-state index >= 15 is 4.39 Å². The number of hydrogen-bond donors (Lipinski definition) is 2. The highest BCUT2D eigenvalue weighted by Crippen LogP contribution is 2.37. The van der Waals surface area contributed by atoms with Gasteiger partial charge in [0.15, 0.2) is 18.2 Å². The van der Waals surface area contributed by atoms with Crippen molar-refractivity contribution in [2.45, 2.75) is 142 Å². The van der Waals surface area contributed by atoms with E-state index in [4.69, 9.17) is 24.7 Å². The number of aliphatic hydroxyl groups is 1.